The standard InChI is InChI=1S/C17H27N5O2/c1-12(13-6-4-3-5-7-13)21(2)16-15-17(19-10-18-16)22(11-20-15)8-14(24)9-23/h10-14,23-24H,3-9H2,1-2H3/t12?,14-/m0/s1. The number of aliphatic hydroxyl groups is 2. The van der Waals surface area contributed by atoms with Crippen molar-refractivity contribution in [2.45, 2.75) is 57.7 Å². The zero-order valence-corrected chi connectivity index (χ0v) is 14.5. The van der Waals surface area contributed by atoms with E-state index in [1.165, 1.54) is 32.1 Å². The van der Waals surface area contributed by atoms with Crippen LogP contribution in [0.15, 0.2) is 12.7 Å². The van der Waals surface area contributed by atoms with E-state index in [4.69, 9.17) is 5.11 Å². The van der Waals surface area contributed by atoms with Crippen LogP contribution in [0.4, 0.5) is 5.82 Å². The number of hydrogen-bond acceptors (Lipinski definition) is 6. The van der Waals surface area contributed by atoms with Gasteiger partial charge in [0.15, 0.2) is 17.0 Å². The Morgan fingerprint density at radius 3 is 2.71 bits per heavy atom. The molecule has 1 aliphatic carbocycles. The molecule has 2 N–H and O–H groups in total. The van der Waals surface area contributed by atoms with E-state index in [-0.39, 0.29) is 13.2 Å². The maximum Gasteiger partial charge on any atom is 0.165 e. The first kappa shape index (κ1) is 17.1. The maximum atomic E-state index is 9.67. The lowest BCUT2D eigenvalue weighted by Gasteiger charge is -2.34. The second kappa shape index (κ2) is 7.44. The fraction of sp³-hybridized carbons (Fsp3) is 0.706. The second-order valence-corrected chi connectivity index (χ2v) is 6.85. The normalized spacial score (nSPS) is 18.7. The molecule has 0 radical (unpaired) electrons. The van der Waals surface area contributed by atoms with Crippen LogP contribution in [-0.4, -0.2) is 55.5 Å². The molecule has 0 aliphatic heterocycles. The molecule has 7 nitrogen and oxygen atoms in total. The molecule has 24 heavy (non-hydrogen) atoms. The van der Waals surface area contributed by atoms with Crippen molar-refractivity contribution in [1.29, 1.82) is 0 Å². The van der Waals surface area contributed by atoms with Crippen molar-refractivity contribution in [2.75, 3.05) is 18.6 Å². The Bertz CT molecular complexity index is 668. The monoisotopic (exact) mass is 333 g/mol. The van der Waals surface area contributed by atoms with Gasteiger partial charge in [0.2, 0.25) is 0 Å². The second-order valence-electron chi connectivity index (χ2n) is 6.85. The van der Waals surface area contributed by atoms with E-state index in [0.717, 1.165) is 11.3 Å². The summed E-state index contributed by atoms with van der Waals surface area (Å²) in [5.74, 6) is 1.52. The minimum Gasteiger partial charge on any atom is -0.394 e. The highest BCUT2D eigenvalue weighted by atomic mass is 16.3. The fourth-order valence-corrected chi connectivity index (χ4v) is 3.67. The molecule has 0 saturated heterocycles. The van der Waals surface area contributed by atoms with Gasteiger partial charge < -0.3 is 19.7 Å². The molecule has 0 spiro atoms. The largest absolute Gasteiger partial charge is 0.394 e. The van der Waals surface area contributed by atoms with E-state index >= 15 is 0 Å². The Hall–Kier alpha value is -1.73. The molecule has 1 unspecified atom stereocenters. The van der Waals surface area contributed by atoms with Crippen molar-refractivity contribution >= 4 is 17.0 Å². The summed E-state index contributed by atoms with van der Waals surface area (Å²) in [5.41, 5.74) is 1.43. The predicted molar refractivity (Wildman–Crippen MR) is 92.9 cm³/mol. The summed E-state index contributed by atoms with van der Waals surface area (Å²) in [4.78, 5) is 15.4. The first-order chi connectivity index (χ1) is 11.6. The van der Waals surface area contributed by atoms with Gasteiger partial charge in [0.1, 0.15) is 6.33 Å². The number of anilines is 1. The van der Waals surface area contributed by atoms with Crippen LogP contribution >= 0.6 is 0 Å². The number of imidazole rings is 1. The molecule has 2 aromatic heterocycles. The van der Waals surface area contributed by atoms with E-state index in [1.807, 2.05) is 0 Å². The SMILES string of the molecule is CC(C1CCCCC1)N(C)c1ncnc2c1ncn2C[C@H](O)CO. The molecular weight excluding hydrogens is 306 g/mol. The highest BCUT2D eigenvalue weighted by Crippen LogP contribution is 2.31. The first-order valence-corrected chi connectivity index (χ1v) is 8.79. The van der Waals surface area contributed by atoms with E-state index in [0.29, 0.717) is 17.6 Å². The van der Waals surface area contributed by atoms with Crippen LogP contribution in [-0.2, 0) is 6.54 Å². The topological polar surface area (TPSA) is 87.3 Å². The Kier molecular flexibility index (Phi) is 5.30. The third kappa shape index (κ3) is 3.37. The van der Waals surface area contributed by atoms with Crippen molar-refractivity contribution in [3.8, 4) is 0 Å². The zero-order valence-electron chi connectivity index (χ0n) is 14.5. The Balaban J connectivity index is 1.86. The minimum atomic E-state index is -0.820. The van der Waals surface area contributed by atoms with Crippen molar-refractivity contribution in [1.82, 2.24) is 19.5 Å². The van der Waals surface area contributed by atoms with Crippen molar-refractivity contribution < 1.29 is 10.2 Å². The lowest BCUT2D eigenvalue weighted by Crippen LogP contribution is -2.37. The highest BCUT2D eigenvalue weighted by Gasteiger charge is 2.26. The molecule has 1 saturated carbocycles. The highest BCUT2D eigenvalue weighted by molar-refractivity contribution is 5.83. The number of rotatable bonds is 6. The van der Waals surface area contributed by atoms with E-state index < -0.39 is 6.10 Å². The van der Waals surface area contributed by atoms with Crippen LogP contribution in [0, 0.1) is 5.92 Å². The number of aliphatic hydroxyl groups excluding tert-OH is 2. The van der Waals surface area contributed by atoms with Gasteiger partial charge in [-0.15, -0.1) is 0 Å². The van der Waals surface area contributed by atoms with Gasteiger partial charge in [-0.2, -0.15) is 0 Å². The summed E-state index contributed by atoms with van der Waals surface area (Å²) in [7, 11) is 2.07. The van der Waals surface area contributed by atoms with Crippen LogP contribution < -0.4 is 4.90 Å². The van der Waals surface area contributed by atoms with Crippen molar-refractivity contribution in [2.24, 2.45) is 5.92 Å². The summed E-state index contributed by atoms with van der Waals surface area (Å²) in [5, 5.41) is 18.7. The Labute approximate surface area is 142 Å². The van der Waals surface area contributed by atoms with Crippen LogP contribution in [0.5, 0.6) is 0 Å². The van der Waals surface area contributed by atoms with Crippen LogP contribution in [0.2, 0.25) is 0 Å². The van der Waals surface area contributed by atoms with Crippen molar-refractivity contribution in [3.05, 3.63) is 12.7 Å². The maximum absolute atomic E-state index is 9.67. The van der Waals surface area contributed by atoms with Gasteiger partial charge in [-0.25, -0.2) is 15.0 Å². The van der Waals surface area contributed by atoms with E-state index in [1.54, 1.807) is 17.2 Å². The molecule has 1 aliphatic rings. The molecule has 2 heterocycles. The lowest BCUT2D eigenvalue weighted by molar-refractivity contribution is 0.0820. The van der Waals surface area contributed by atoms with Gasteiger partial charge in [-0.3, -0.25) is 0 Å². The molecular formula is C17H27N5O2. The van der Waals surface area contributed by atoms with Gasteiger partial charge in [0.25, 0.3) is 0 Å². The smallest absolute Gasteiger partial charge is 0.165 e. The van der Waals surface area contributed by atoms with Gasteiger partial charge in [-0.05, 0) is 25.7 Å². The Morgan fingerprint density at radius 1 is 1.25 bits per heavy atom. The number of fused-ring (bicyclic) bond motifs is 1. The quantitative estimate of drug-likeness (QED) is 0.835. The van der Waals surface area contributed by atoms with Crippen molar-refractivity contribution in [3.63, 3.8) is 0 Å². The van der Waals surface area contributed by atoms with Gasteiger partial charge in [0, 0.05) is 13.1 Å². The van der Waals surface area contributed by atoms with E-state index in [9.17, 15) is 5.11 Å². The molecule has 2 aromatic rings. The van der Waals surface area contributed by atoms with Crippen LogP contribution in [0.25, 0.3) is 11.2 Å². The summed E-state index contributed by atoms with van der Waals surface area (Å²) < 4.78 is 1.76. The third-order valence-corrected chi connectivity index (χ3v) is 5.28. The summed E-state index contributed by atoms with van der Waals surface area (Å²) in [6, 6.07) is 0.400. The lowest BCUT2D eigenvalue weighted by atomic mass is 9.84. The average molecular weight is 333 g/mol. The predicted octanol–water partition coefficient (Wildman–Crippen LogP) is 1.58. The molecule has 2 atom stereocenters. The van der Waals surface area contributed by atoms with Gasteiger partial charge >= 0.3 is 0 Å². The third-order valence-electron chi connectivity index (χ3n) is 5.28. The molecule has 1 fully saturated rings. The fourth-order valence-electron chi connectivity index (χ4n) is 3.67. The van der Waals surface area contributed by atoms with E-state index in [2.05, 4.69) is 33.8 Å². The van der Waals surface area contributed by atoms with Crippen LogP contribution in [0.3, 0.4) is 0 Å². The zero-order chi connectivity index (χ0) is 17.1. The summed E-state index contributed by atoms with van der Waals surface area (Å²) in [6.45, 7) is 2.25. The molecule has 132 valence electrons. The molecule has 0 bridgehead atoms. The molecule has 3 rings (SSSR count). The first-order valence-electron chi connectivity index (χ1n) is 8.79. The number of nitrogens with zero attached hydrogens (tertiary/aromatic N) is 5. The minimum absolute atomic E-state index is 0.269. The summed E-state index contributed by atoms with van der Waals surface area (Å²) in [6.07, 6.45) is 8.91. The van der Waals surface area contributed by atoms with Gasteiger partial charge in [-0.1, -0.05) is 19.3 Å². The molecule has 0 amide bonds. The van der Waals surface area contributed by atoms with Gasteiger partial charge in [0.05, 0.1) is 25.6 Å². The van der Waals surface area contributed by atoms with Crippen LogP contribution in [0.1, 0.15) is 39.0 Å². The average Bonchev–Trinajstić information content (AvgIpc) is 3.04. The number of aromatic nitrogens is 4. The molecule has 7 heteroatoms. The number of hydrogen-bond donors (Lipinski definition) is 2. The Morgan fingerprint density at radius 2 is 2.00 bits per heavy atom. The summed E-state index contributed by atoms with van der Waals surface area (Å²) >= 11 is 0. The molecule has 0 aromatic carbocycles.